The lowest BCUT2D eigenvalue weighted by Crippen LogP contribution is -2.53. The van der Waals surface area contributed by atoms with E-state index in [2.05, 4.69) is 21.7 Å². The summed E-state index contributed by atoms with van der Waals surface area (Å²) in [6.45, 7) is 2.19. The third-order valence-electron chi connectivity index (χ3n) is 12.8. The zero-order valence-electron chi connectivity index (χ0n) is 32.2. The van der Waals surface area contributed by atoms with E-state index in [1.807, 2.05) is 56.4 Å². The lowest BCUT2D eigenvalue weighted by molar-refractivity contribution is -0.202. The molecular formula is C46H36F3N5O6. The molecule has 7 aromatic rings. The Bertz CT molecular complexity index is 2920. The molecule has 4 aliphatic heterocycles. The van der Waals surface area contributed by atoms with Crippen LogP contribution < -0.4 is 15.4 Å². The molecule has 11 nitrogen and oxygen atoms in total. The molecule has 4 aromatic carbocycles. The first-order valence-electron chi connectivity index (χ1n) is 19.8. The highest BCUT2D eigenvalue weighted by Gasteiger charge is 2.63. The molecule has 3 aromatic heterocycles. The van der Waals surface area contributed by atoms with Gasteiger partial charge >= 0.3 is 6.18 Å². The molecule has 10 bridgehead atoms. The molecule has 14 heteroatoms. The molecule has 4 aliphatic rings. The number of carbonyl (C=O) groups is 2. The van der Waals surface area contributed by atoms with Crippen LogP contribution in [0.2, 0.25) is 0 Å². The zero-order valence-corrected chi connectivity index (χ0v) is 32.2. The van der Waals surface area contributed by atoms with E-state index in [0.29, 0.717) is 28.4 Å². The van der Waals surface area contributed by atoms with Crippen molar-refractivity contribution in [2.45, 2.75) is 56.0 Å². The molecule has 1 amide bonds. The molecule has 1 spiro atoms. The van der Waals surface area contributed by atoms with E-state index in [1.165, 1.54) is 30.3 Å². The van der Waals surface area contributed by atoms with Crippen molar-refractivity contribution in [1.82, 2.24) is 20.3 Å². The number of nitrogens with one attached hydrogen (secondary N) is 3. The van der Waals surface area contributed by atoms with Gasteiger partial charge in [0.25, 0.3) is 0 Å². The summed E-state index contributed by atoms with van der Waals surface area (Å²) in [5, 5.41) is 18.1. The maximum absolute atomic E-state index is 15.1. The van der Waals surface area contributed by atoms with Gasteiger partial charge in [-0.2, -0.15) is 13.2 Å². The molecule has 60 heavy (non-hydrogen) atoms. The average Bonchev–Trinajstić information content (AvgIpc) is 4.06. The molecule has 0 saturated heterocycles. The highest BCUT2D eigenvalue weighted by Crippen LogP contribution is 2.61. The van der Waals surface area contributed by atoms with Gasteiger partial charge in [-0.25, -0.2) is 9.97 Å². The van der Waals surface area contributed by atoms with Crippen LogP contribution in [-0.4, -0.2) is 50.8 Å². The van der Waals surface area contributed by atoms with Gasteiger partial charge in [-0.15, -0.1) is 0 Å². The van der Waals surface area contributed by atoms with Crippen LogP contribution >= 0.6 is 0 Å². The number of anilines is 1. The largest absolute Gasteiger partial charge is 0.469 e. The number of Topliss-reactive ketones (excluding diaryl/α,β-unsaturated/α-hetero) is 1. The molecule has 302 valence electrons. The van der Waals surface area contributed by atoms with Crippen LogP contribution in [0.3, 0.4) is 0 Å². The summed E-state index contributed by atoms with van der Waals surface area (Å²) >= 11 is 0. The second-order valence-corrected chi connectivity index (χ2v) is 16.4. The van der Waals surface area contributed by atoms with Gasteiger partial charge < -0.3 is 34.3 Å². The first-order valence-corrected chi connectivity index (χ1v) is 19.8. The topological polar surface area (TPSA) is 156 Å². The monoisotopic (exact) mass is 811 g/mol. The van der Waals surface area contributed by atoms with Gasteiger partial charge in [0, 0.05) is 57.4 Å². The van der Waals surface area contributed by atoms with Crippen LogP contribution in [0.15, 0.2) is 106 Å². The number of para-hydroxylation sites is 1. The number of amides is 1. The number of ether oxygens (including phenoxy) is 1. The summed E-state index contributed by atoms with van der Waals surface area (Å²) in [6.07, 6.45) is -3.34. The number of benzene rings is 4. The predicted molar refractivity (Wildman–Crippen MR) is 213 cm³/mol. The molecule has 7 heterocycles. The van der Waals surface area contributed by atoms with Gasteiger partial charge in [0.2, 0.25) is 17.7 Å². The molecule has 4 N–H and O–H groups in total. The Morgan fingerprint density at radius 2 is 1.75 bits per heavy atom. The van der Waals surface area contributed by atoms with E-state index in [4.69, 9.17) is 23.5 Å². The average molecular weight is 812 g/mol. The fraction of sp³-hybridized carbons (Fsp3) is 0.261. The quantitative estimate of drug-likeness (QED) is 0.130. The van der Waals surface area contributed by atoms with Crippen molar-refractivity contribution in [3.63, 3.8) is 0 Å². The number of hydrogen-bond acceptors (Lipinski definition) is 9. The summed E-state index contributed by atoms with van der Waals surface area (Å²) in [4.78, 5) is 42.0. The Hall–Kier alpha value is -6.67. The van der Waals surface area contributed by atoms with Gasteiger partial charge in [-0.05, 0) is 41.2 Å². The van der Waals surface area contributed by atoms with E-state index in [9.17, 15) is 14.7 Å². The Labute approximate surface area is 340 Å². The van der Waals surface area contributed by atoms with Crippen molar-refractivity contribution < 1.29 is 41.4 Å². The van der Waals surface area contributed by atoms with E-state index in [0.717, 1.165) is 38.8 Å². The number of rotatable bonds is 6. The van der Waals surface area contributed by atoms with Gasteiger partial charge in [-0.3, -0.25) is 9.59 Å². The molecule has 1 unspecified atom stereocenters. The molecule has 0 saturated carbocycles. The SMILES string of the molecule is CC(C)[C@@H]1NC(=O)[C@@H](CC(=O)[C@](CO)(c2ccccc2)C(F)(F)F)Cc2ccc3c(c2)C24c5cccc(c5N[C@H]2O3)-c2cccc3[nH]cc(c23)-c2cnc(o2)-c2nc1oc24. The zero-order chi connectivity index (χ0) is 41.3. The maximum atomic E-state index is 15.1. The Morgan fingerprint density at radius 3 is 2.53 bits per heavy atom. The normalized spacial score (nSPS) is 21.9. The number of aliphatic hydroxyl groups is 1. The third-order valence-corrected chi connectivity index (χ3v) is 12.8. The number of fused-ring (bicyclic) bond motifs is 7. The summed E-state index contributed by atoms with van der Waals surface area (Å²) in [7, 11) is 0. The van der Waals surface area contributed by atoms with Crippen molar-refractivity contribution in [3.05, 3.63) is 131 Å². The minimum absolute atomic E-state index is 0.106. The Morgan fingerprint density at radius 1 is 0.950 bits per heavy atom. The lowest BCUT2D eigenvalue weighted by atomic mass is 9.71. The van der Waals surface area contributed by atoms with Crippen LogP contribution in [0.4, 0.5) is 18.9 Å². The molecule has 0 radical (unpaired) electrons. The number of aromatic amines is 1. The van der Waals surface area contributed by atoms with Crippen LogP contribution in [0.5, 0.6) is 5.75 Å². The van der Waals surface area contributed by atoms with Crippen LogP contribution in [0.1, 0.15) is 60.2 Å². The fourth-order valence-corrected chi connectivity index (χ4v) is 9.84. The highest BCUT2D eigenvalue weighted by molar-refractivity contribution is 6.07. The van der Waals surface area contributed by atoms with Crippen molar-refractivity contribution in [2.75, 3.05) is 11.9 Å². The number of aliphatic hydroxyl groups excluding tert-OH is 1. The molecule has 5 atom stereocenters. The van der Waals surface area contributed by atoms with Gasteiger partial charge in [0.1, 0.15) is 17.2 Å². The second kappa shape index (κ2) is 12.7. The fourth-order valence-electron chi connectivity index (χ4n) is 9.84. The number of alkyl halides is 3. The van der Waals surface area contributed by atoms with Crippen LogP contribution in [0.25, 0.3) is 44.9 Å². The maximum Gasteiger partial charge on any atom is 0.407 e. The minimum Gasteiger partial charge on any atom is -0.469 e. The summed E-state index contributed by atoms with van der Waals surface area (Å²) in [6, 6.07) is 23.2. The van der Waals surface area contributed by atoms with Crippen molar-refractivity contribution in [1.29, 1.82) is 0 Å². The van der Waals surface area contributed by atoms with Gasteiger partial charge in [-0.1, -0.05) is 86.6 Å². The van der Waals surface area contributed by atoms with Crippen LogP contribution in [0, 0.1) is 11.8 Å². The van der Waals surface area contributed by atoms with Gasteiger partial charge in [0.05, 0.1) is 12.8 Å². The number of hydrogen-bond donors (Lipinski definition) is 4. The van der Waals surface area contributed by atoms with Crippen molar-refractivity contribution in [2.24, 2.45) is 11.8 Å². The summed E-state index contributed by atoms with van der Waals surface area (Å²) in [5.74, 6) is -1.98. The first-order chi connectivity index (χ1) is 28.9. The van der Waals surface area contributed by atoms with Crippen molar-refractivity contribution in [3.8, 4) is 39.8 Å². The molecule has 11 rings (SSSR count). The molecule has 0 fully saturated rings. The number of oxazole rings is 2. The van der Waals surface area contributed by atoms with Crippen molar-refractivity contribution >= 4 is 28.3 Å². The Kier molecular flexibility index (Phi) is 7.69. The number of H-pyrrole nitrogens is 1. The molecular weight excluding hydrogens is 776 g/mol. The number of nitrogens with zero attached hydrogens (tertiary/aromatic N) is 2. The number of halogens is 3. The standard InChI is InChI=1S/C46H36F3N5O6/c1-22(2)36-42-53-38-39(60-42)45-29-12-6-11-27(26-10-7-13-31-35(26)28(19-50-31)33-20-51-41(38)58-33)37(29)54-43(45)59-32-15-14-23(17-30(32)45)16-24(40(57)52-36)18-34(56)44(21-55,46(47,48)49)25-8-4-3-5-9-25/h3-15,17,19-20,22,24,36,43,50,54-55H,16,18,21H2,1-2H3,(H,52,57)/t24-,36+,43+,44+,45?/m1/s1. The number of ketones is 1. The second-order valence-electron chi connectivity index (χ2n) is 16.4. The van der Waals surface area contributed by atoms with Crippen LogP contribution in [-0.2, 0) is 26.8 Å². The summed E-state index contributed by atoms with van der Waals surface area (Å²) in [5.41, 5.74) is 1.80. The van der Waals surface area contributed by atoms with E-state index in [1.54, 1.807) is 18.3 Å². The summed E-state index contributed by atoms with van der Waals surface area (Å²) < 4.78 is 65.7. The Balaban J connectivity index is 1.15. The van der Waals surface area contributed by atoms with E-state index >= 15 is 13.2 Å². The third kappa shape index (κ3) is 4.81. The van der Waals surface area contributed by atoms with Gasteiger partial charge in [0.15, 0.2) is 34.6 Å². The van der Waals surface area contributed by atoms with E-state index < -0.39 is 65.5 Å². The number of carbonyl (C=O) groups excluding carboxylic acids is 2. The van der Waals surface area contributed by atoms with E-state index in [-0.39, 0.29) is 29.8 Å². The smallest absolute Gasteiger partial charge is 0.407 e. The highest BCUT2D eigenvalue weighted by atomic mass is 19.4. The predicted octanol–water partition coefficient (Wildman–Crippen LogP) is 8.37. The minimum atomic E-state index is -5.17. The first kappa shape index (κ1) is 36.4. The lowest BCUT2D eigenvalue weighted by Gasteiger charge is -2.34. The molecule has 0 aliphatic carbocycles. The number of aromatic nitrogens is 3.